The molecule has 7 nitrogen and oxygen atoms in total. The number of hydrogen-bond donors (Lipinski definition) is 1. The van der Waals surface area contributed by atoms with Gasteiger partial charge < -0.3 is 24.4 Å². The van der Waals surface area contributed by atoms with Crippen molar-refractivity contribution >= 4 is 17.5 Å². The third kappa shape index (κ3) is 5.15. The number of benzene rings is 3. The van der Waals surface area contributed by atoms with Crippen molar-refractivity contribution in [3.05, 3.63) is 83.4 Å². The largest absolute Gasteiger partial charge is 0.493 e. The second kappa shape index (κ2) is 11.2. The third-order valence-corrected chi connectivity index (χ3v) is 6.45. The average molecular weight is 489 g/mol. The van der Waals surface area contributed by atoms with Crippen molar-refractivity contribution in [3.63, 3.8) is 0 Å². The van der Waals surface area contributed by atoms with Crippen molar-refractivity contribution in [2.75, 3.05) is 19.5 Å². The summed E-state index contributed by atoms with van der Waals surface area (Å²) in [5, 5.41) is 2.95. The van der Waals surface area contributed by atoms with Gasteiger partial charge >= 0.3 is 0 Å². The Morgan fingerprint density at radius 1 is 1.03 bits per heavy atom. The number of carbonyl (C=O) groups excluding carboxylic acids is 2. The lowest BCUT2D eigenvalue weighted by Gasteiger charge is -2.32. The van der Waals surface area contributed by atoms with E-state index in [0.29, 0.717) is 41.5 Å². The minimum atomic E-state index is -0.559. The van der Waals surface area contributed by atoms with Gasteiger partial charge in [0.15, 0.2) is 17.6 Å². The quantitative estimate of drug-likeness (QED) is 0.446. The molecule has 1 aliphatic rings. The molecule has 36 heavy (non-hydrogen) atoms. The van der Waals surface area contributed by atoms with Crippen molar-refractivity contribution in [2.24, 2.45) is 0 Å². The predicted molar refractivity (Wildman–Crippen MR) is 139 cm³/mol. The molecule has 0 bridgehead atoms. The van der Waals surface area contributed by atoms with Gasteiger partial charge in [0.1, 0.15) is 5.75 Å². The zero-order chi connectivity index (χ0) is 25.7. The number of nitrogens with one attached hydrogen (secondary N) is 1. The van der Waals surface area contributed by atoms with E-state index in [1.165, 1.54) is 7.11 Å². The normalized spacial score (nSPS) is 15.8. The Kier molecular flexibility index (Phi) is 7.78. The van der Waals surface area contributed by atoms with Gasteiger partial charge in [-0.05, 0) is 54.8 Å². The number of rotatable bonds is 8. The van der Waals surface area contributed by atoms with Crippen LogP contribution in [0.2, 0.25) is 0 Å². The van der Waals surface area contributed by atoms with E-state index >= 15 is 0 Å². The Balaban J connectivity index is 1.63. The van der Waals surface area contributed by atoms with E-state index in [9.17, 15) is 9.59 Å². The second-order valence-corrected chi connectivity index (χ2v) is 8.66. The first-order chi connectivity index (χ1) is 17.5. The molecule has 3 aromatic rings. The minimum Gasteiger partial charge on any atom is -0.493 e. The van der Waals surface area contributed by atoms with Gasteiger partial charge in [-0.2, -0.15) is 0 Å². The van der Waals surface area contributed by atoms with Crippen LogP contribution in [-0.4, -0.2) is 37.0 Å². The summed E-state index contributed by atoms with van der Waals surface area (Å²) in [5.74, 6) is 1.38. The molecular weight excluding hydrogens is 456 g/mol. The fourth-order valence-corrected chi connectivity index (χ4v) is 4.56. The molecular formula is C29H32N2O5. The number of anilines is 1. The maximum absolute atomic E-state index is 13.5. The molecule has 3 aromatic carbocycles. The average Bonchev–Trinajstić information content (AvgIpc) is 3.05. The van der Waals surface area contributed by atoms with Crippen LogP contribution in [0.5, 0.6) is 17.2 Å². The van der Waals surface area contributed by atoms with E-state index in [-0.39, 0.29) is 17.9 Å². The van der Waals surface area contributed by atoms with Crippen LogP contribution in [0.1, 0.15) is 54.2 Å². The minimum absolute atomic E-state index is 0.0275. The fraction of sp³-hybridized carbons (Fsp3) is 0.310. The van der Waals surface area contributed by atoms with E-state index in [2.05, 4.69) is 24.4 Å². The van der Waals surface area contributed by atoms with Gasteiger partial charge in [0, 0.05) is 16.8 Å². The molecule has 0 spiro atoms. The van der Waals surface area contributed by atoms with Gasteiger partial charge in [0.2, 0.25) is 0 Å². The lowest BCUT2D eigenvalue weighted by atomic mass is 10.0. The summed E-state index contributed by atoms with van der Waals surface area (Å²) in [6.45, 7) is 4.42. The van der Waals surface area contributed by atoms with Crippen LogP contribution in [0.25, 0.3) is 0 Å². The first kappa shape index (κ1) is 25.1. The van der Waals surface area contributed by atoms with Crippen LogP contribution in [0.3, 0.4) is 0 Å². The predicted octanol–water partition coefficient (Wildman–Crippen LogP) is 5.61. The van der Waals surface area contributed by atoms with Crippen molar-refractivity contribution in [2.45, 2.75) is 45.4 Å². The molecule has 188 valence electrons. The molecule has 1 N–H and O–H groups in total. The van der Waals surface area contributed by atoms with Crippen molar-refractivity contribution in [1.82, 2.24) is 4.90 Å². The van der Waals surface area contributed by atoms with Crippen LogP contribution in [-0.2, 0) is 11.3 Å². The lowest BCUT2D eigenvalue weighted by Crippen LogP contribution is -2.41. The second-order valence-electron chi connectivity index (χ2n) is 8.66. The molecule has 2 atom stereocenters. The number of nitrogens with zero attached hydrogens (tertiary/aromatic N) is 1. The van der Waals surface area contributed by atoms with Crippen molar-refractivity contribution < 1.29 is 23.8 Å². The van der Waals surface area contributed by atoms with Gasteiger partial charge in [-0.25, -0.2) is 0 Å². The van der Waals surface area contributed by atoms with Crippen molar-refractivity contribution in [1.29, 1.82) is 0 Å². The van der Waals surface area contributed by atoms with Crippen LogP contribution < -0.4 is 19.5 Å². The van der Waals surface area contributed by atoms with E-state index in [4.69, 9.17) is 14.2 Å². The summed E-state index contributed by atoms with van der Waals surface area (Å²) in [4.78, 5) is 28.4. The van der Waals surface area contributed by atoms with Crippen LogP contribution >= 0.6 is 0 Å². The standard InChI is InChI=1S/C29H32N2O5/c1-5-23(19-10-8-7-9-11-19)31-18-21-16-22(13-15-25(21)36-24(6-2)29(31)33)30-28(32)20-12-14-26(34-3)27(17-20)35-4/h7-17,23-24H,5-6,18H2,1-4H3,(H,30,32). The lowest BCUT2D eigenvalue weighted by molar-refractivity contribution is -0.141. The van der Waals surface area contributed by atoms with Gasteiger partial charge in [-0.15, -0.1) is 0 Å². The topological polar surface area (TPSA) is 77.1 Å². The molecule has 0 aromatic heterocycles. The Bertz CT molecular complexity index is 1230. The molecule has 1 aliphatic heterocycles. The van der Waals surface area contributed by atoms with Crippen LogP contribution in [0, 0.1) is 0 Å². The third-order valence-electron chi connectivity index (χ3n) is 6.45. The maximum atomic E-state index is 13.5. The number of ether oxygens (including phenoxy) is 3. The Labute approximate surface area is 212 Å². The summed E-state index contributed by atoms with van der Waals surface area (Å²) >= 11 is 0. The molecule has 0 aliphatic carbocycles. The highest BCUT2D eigenvalue weighted by Crippen LogP contribution is 2.35. The van der Waals surface area contributed by atoms with Crippen LogP contribution in [0.15, 0.2) is 66.7 Å². The fourth-order valence-electron chi connectivity index (χ4n) is 4.56. The number of amides is 2. The highest BCUT2D eigenvalue weighted by molar-refractivity contribution is 6.04. The van der Waals surface area contributed by atoms with E-state index in [1.807, 2.05) is 42.2 Å². The molecule has 1 heterocycles. The van der Waals surface area contributed by atoms with Gasteiger partial charge in [0.05, 0.1) is 26.8 Å². The molecule has 2 amide bonds. The molecule has 4 rings (SSSR count). The van der Waals surface area contributed by atoms with E-state index in [1.54, 1.807) is 31.4 Å². The summed E-state index contributed by atoms with van der Waals surface area (Å²) in [5.41, 5.74) is 2.99. The zero-order valence-electron chi connectivity index (χ0n) is 21.1. The number of hydrogen-bond acceptors (Lipinski definition) is 5. The molecule has 0 saturated heterocycles. The van der Waals surface area contributed by atoms with Gasteiger partial charge in [-0.3, -0.25) is 9.59 Å². The van der Waals surface area contributed by atoms with E-state index < -0.39 is 6.10 Å². The molecule has 0 fully saturated rings. The molecule has 7 heteroatoms. The highest BCUT2D eigenvalue weighted by atomic mass is 16.5. The highest BCUT2D eigenvalue weighted by Gasteiger charge is 2.34. The smallest absolute Gasteiger partial charge is 0.264 e. The number of methoxy groups -OCH3 is 2. The number of fused-ring (bicyclic) bond motifs is 1. The Morgan fingerprint density at radius 2 is 1.78 bits per heavy atom. The van der Waals surface area contributed by atoms with E-state index in [0.717, 1.165) is 17.5 Å². The first-order valence-corrected chi connectivity index (χ1v) is 12.2. The maximum Gasteiger partial charge on any atom is 0.264 e. The summed E-state index contributed by atoms with van der Waals surface area (Å²) in [6.07, 6.45) is 0.783. The Morgan fingerprint density at radius 3 is 2.44 bits per heavy atom. The van der Waals surface area contributed by atoms with Crippen molar-refractivity contribution in [3.8, 4) is 17.2 Å². The molecule has 2 unspecified atom stereocenters. The zero-order valence-corrected chi connectivity index (χ0v) is 21.1. The summed E-state index contributed by atoms with van der Waals surface area (Å²) < 4.78 is 16.7. The molecule has 0 radical (unpaired) electrons. The SMILES string of the molecule is CCC1Oc2ccc(NC(=O)c3ccc(OC)c(OC)c3)cc2CN(C(CC)c2ccccc2)C1=O. The summed E-state index contributed by atoms with van der Waals surface area (Å²) in [6, 6.07) is 20.5. The van der Waals surface area contributed by atoms with Crippen LogP contribution in [0.4, 0.5) is 5.69 Å². The van der Waals surface area contributed by atoms with Gasteiger partial charge in [-0.1, -0.05) is 44.2 Å². The number of carbonyl (C=O) groups is 2. The summed E-state index contributed by atoms with van der Waals surface area (Å²) in [7, 11) is 3.08. The Hall–Kier alpha value is -4.00. The first-order valence-electron chi connectivity index (χ1n) is 12.2. The monoisotopic (exact) mass is 488 g/mol. The molecule has 0 saturated carbocycles. The van der Waals surface area contributed by atoms with Gasteiger partial charge in [0.25, 0.3) is 11.8 Å².